The molecule has 0 spiro atoms. The van der Waals surface area contributed by atoms with Crippen molar-refractivity contribution in [2.24, 2.45) is 5.73 Å². The lowest BCUT2D eigenvalue weighted by molar-refractivity contribution is -0.384. The highest BCUT2D eigenvalue weighted by molar-refractivity contribution is 6.01. The van der Waals surface area contributed by atoms with Crippen molar-refractivity contribution in [2.45, 2.75) is 25.0 Å². The fourth-order valence-corrected chi connectivity index (χ4v) is 3.76. The molecule has 3 N–H and O–H groups in total. The third-order valence-corrected chi connectivity index (χ3v) is 5.39. The lowest BCUT2D eigenvalue weighted by Gasteiger charge is -2.47. The number of nitrogens with zero attached hydrogens (tertiary/aromatic N) is 3. The lowest BCUT2D eigenvalue weighted by atomic mass is 9.93. The number of β-lactam (4-membered cyclic amide) rings is 1. The highest BCUT2D eigenvalue weighted by Crippen LogP contribution is 2.33. The molecule has 2 fully saturated rings. The van der Waals surface area contributed by atoms with Gasteiger partial charge in [-0.3, -0.25) is 24.6 Å². The molecular formula is C19H18N4O7. The highest BCUT2D eigenvalue weighted by Gasteiger charge is 2.52. The molecule has 11 nitrogen and oxygen atoms in total. The summed E-state index contributed by atoms with van der Waals surface area (Å²) in [6.45, 7) is 0.735. The second-order valence-corrected chi connectivity index (χ2v) is 7.20. The van der Waals surface area contributed by atoms with E-state index in [0.29, 0.717) is 18.5 Å². The Bertz CT molecular complexity index is 1010. The minimum Gasteiger partial charge on any atom is -0.489 e. The van der Waals surface area contributed by atoms with E-state index >= 15 is 0 Å². The Balaban J connectivity index is 1.53. The number of ether oxygens (including phenoxy) is 1. The fraction of sp³-hybridized carbons (Fsp3) is 0.316. The van der Waals surface area contributed by atoms with E-state index in [1.54, 1.807) is 17.0 Å². The molecule has 2 amide bonds. The number of nitro groups is 1. The predicted octanol–water partition coefficient (Wildman–Crippen LogP) is 0.118. The summed E-state index contributed by atoms with van der Waals surface area (Å²) in [6, 6.07) is 4.60. The van der Waals surface area contributed by atoms with Gasteiger partial charge in [-0.25, -0.2) is 4.79 Å². The first kappa shape index (κ1) is 19.6. The number of fused-ring (bicyclic) bond motifs is 1. The highest BCUT2D eigenvalue weighted by atomic mass is 16.6. The average molecular weight is 414 g/mol. The lowest BCUT2D eigenvalue weighted by Crippen LogP contribution is -2.71. The van der Waals surface area contributed by atoms with Crippen LogP contribution in [-0.4, -0.2) is 62.8 Å². The van der Waals surface area contributed by atoms with Gasteiger partial charge in [0, 0.05) is 30.8 Å². The van der Waals surface area contributed by atoms with Gasteiger partial charge in [-0.15, -0.1) is 0 Å². The second kappa shape index (κ2) is 7.26. The molecule has 0 saturated carbocycles. The van der Waals surface area contributed by atoms with Crippen LogP contribution in [0, 0.1) is 10.1 Å². The summed E-state index contributed by atoms with van der Waals surface area (Å²) in [5, 5.41) is 20.3. The van der Waals surface area contributed by atoms with Gasteiger partial charge < -0.3 is 20.5 Å². The Hall–Kier alpha value is -3.73. The van der Waals surface area contributed by atoms with E-state index in [9.17, 15) is 29.6 Å². The maximum atomic E-state index is 12.7. The molecule has 3 aliphatic heterocycles. The van der Waals surface area contributed by atoms with Gasteiger partial charge in [0.05, 0.1) is 11.0 Å². The zero-order chi connectivity index (χ0) is 21.6. The van der Waals surface area contributed by atoms with E-state index in [0.717, 1.165) is 10.5 Å². The van der Waals surface area contributed by atoms with Gasteiger partial charge in [0.25, 0.3) is 5.69 Å². The molecule has 3 heterocycles. The van der Waals surface area contributed by atoms with Crippen molar-refractivity contribution in [1.82, 2.24) is 9.80 Å². The first-order valence-corrected chi connectivity index (χ1v) is 9.20. The fourth-order valence-electron chi connectivity index (χ4n) is 3.76. The number of carbonyl (C=O) groups is 3. The monoisotopic (exact) mass is 414 g/mol. The molecule has 0 aliphatic carbocycles. The smallest absolute Gasteiger partial charge is 0.356 e. The van der Waals surface area contributed by atoms with Crippen LogP contribution in [0.1, 0.15) is 12.0 Å². The van der Waals surface area contributed by atoms with Crippen molar-refractivity contribution in [3.8, 4) is 0 Å². The molecule has 11 heteroatoms. The van der Waals surface area contributed by atoms with Crippen LogP contribution in [0.5, 0.6) is 0 Å². The van der Waals surface area contributed by atoms with Gasteiger partial charge >= 0.3 is 5.97 Å². The Morgan fingerprint density at radius 3 is 2.67 bits per heavy atom. The van der Waals surface area contributed by atoms with E-state index in [1.807, 2.05) is 0 Å². The first-order chi connectivity index (χ1) is 14.3. The van der Waals surface area contributed by atoms with Crippen molar-refractivity contribution in [3.63, 3.8) is 0 Å². The van der Waals surface area contributed by atoms with Crippen molar-refractivity contribution in [3.05, 3.63) is 63.0 Å². The number of hydrogen-bond acceptors (Lipinski definition) is 7. The molecule has 0 bridgehead atoms. The number of hydrogen-bond donors (Lipinski definition) is 2. The maximum Gasteiger partial charge on any atom is 0.356 e. The van der Waals surface area contributed by atoms with Crippen LogP contribution in [-0.2, 0) is 25.7 Å². The number of carboxylic acid groups (broad SMARTS) is 1. The van der Waals surface area contributed by atoms with Crippen LogP contribution < -0.4 is 5.73 Å². The number of carbonyl (C=O) groups excluding carboxylic acids is 2. The normalized spacial score (nSPS) is 24.6. The Morgan fingerprint density at radius 1 is 1.33 bits per heavy atom. The van der Waals surface area contributed by atoms with E-state index < -0.39 is 28.9 Å². The summed E-state index contributed by atoms with van der Waals surface area (Å²) in [7, 11) is 0. The van der Waals surface area contributed by atoms with Crippen molar-refractivity contribution in [1.29, 1.82) is 0 Å². The van der Waals surface area contributed by atoms with E-state index in [-0.39, 0.29) is 36.2 Å². The summed E-state index contributed by atoms with van der Waals surface area (Å²) in [5.41, 5.74) is 6.44. The van der Waals surface area contributed by atoms with Gasteiger partial charge in [0.1, 0.15) is 12.6 Å². The first-order valence-electron chi connectivity index (χ1n) is 9.20. The Morgan fingerprint density at radius 2 is 2.03 bits per heavy atom. The van der Waals surface area contributed by atoms with Crippen molar-refractivity contribution in [2.75, 3.05) is 13.2 Å². The summed E-state index contributed by atoms with van der Waals surface area (Å²) < 4.78 is 5.52. The van der Waals surface area contributed by atoms with Crippen LogP contribution in [0.2, 0.25) is 0 Å². The molecule has 0 radical (unpaired) electrons. The largest absolute Gasteiger partial charge is 0.489 e. The predicted molar refractivity (Wildman–Crippen MR) is 100 cm³/mol. The molecule has 1 aromatic carbocycles. The zero-order valence-electron chi connectivity index (χ0n) is 15.7. The number of rotatable bonds is 5. The van der Waals surface area contributed by atoms with Gasteiger partial charge in [-0.1, -0.05) is 12.1 Å². The van der Waals surface area contributed by atoms with Crippen LogP contribution >= 0.6 is 0 Å². The number of benzene rings is 1. The Kier molecular flexibility index (Phi) is 4.74. The van der Waals surface area contributed by atoms with E-state index in [1.165, 1.54) is 18.2 Å². The molecule has 2 saturated heterocycles. The molecule has 30 heavy (non-hydrogen) atoms. The van der Waals surface area contributed by atoms with Crippen LogP contribution in [0.15, 0.2) is 47.4 Å². The number of carboxylic acids is 1. The number of amides is 2. The summed E-state index contributed by atoms with van der Waals surface area (Å²) in [4.78, 5) is 49.3. The number of allylic oxidation sites excluding steroid dienone is 1. The average Bonchev–Trinajstić information content (AvgIpc) is 3.06. The van der Waals surface area contributed by atoms with Crippen LogP contribution in [0.4, 0.5) is 5.69 Å². The van der Waals surface area contributed by atoms with Crippen molar-refractivity contribution >= 4 is 23.5 Å². The van der Waals surface area contributed by atoms with Gasteiger partial charge in [-0.05, 0) is 18.1 Å². The number of likely N-dealkylation sites (tertiary alicyclic amines) is 1. The minimum absolute atomic E-state index is 0.0340. The molecular weight excluding hydrogens is 396 g/mol. The summed E-state index contributed by atoms with van der Waals surface area (Å²) >= 11 is 0. The van der Waals surface area contributed by atoms with E-state index in [4.69, 9.17) is 10.5 Å². The number of aliphatic carboxylic acids is 1. The molecule has 2 atom stereocenters. The van der Waals surface area contributed by atoms with Gasteiger partial charge in [0.15, 0.2) is 11.5 Å². The van der Waals surface area contributed by atoms with Gasteiger partial charge in [-0.2, -0.15) is 0 Å². The quantitative estimate of drug-likeness (QED) is 0.298. The van der Waals surface area contributed by atoms with Crippen LogP contribution in [0.3, 0.4) is 0 Å². The molecule has 156 valence electrons. The topological polar surface area (TPSA) is 156 Å². The second-order valence-electron chi connectivity index (χ2n) is 7.20. The summed E-state index contributed by atoms with van der Waals surface area (Å²) in [6.07, 6.45) is 1.75. The Labute approximate surface area is 170 Å². The molecule has 0 aromatic heterocycles. The van der Waals surface area contributed by atoms with Crippen LogP contribution in [0.25, 0.3) is 0 Å². The molecule has 3 aliphatic rings. The molecule has 1 aromatic rings. The number of nitro benzene ring substituents is 1. The SMILES string of the molecule is N[C@@H]1C(=O)N2C(C(=O)O)=C(/C=C3\CCN(Cc4ccc([N+](=O)[O-])cc4)C3=O)OC[C@H]12. The molecule has 4 rings (SSSR count). The summed E-state index contributed by atoms with van der Waals surface area (Å²) in [5.74, 6) is -2.16. The third-order valence-electron chi connectivity index (χ3n) is 5.39. The van der Waals surface area contributed by atoms with E-state index in [2.05, 4.69) is 0 Å². The van der Waals surface area contributed by atoms with Gasteiger partial charge in [0.2, 0.25) is 11.8 Å². The number of non-ortho nitro benzene ring substituents is 1. The number of nitrogens with two attached hydrogens (primary N) is 1. The standard InChI is InChI=1S/C19H18N4O7/c20-15-13-9-30-14(16(19(26)27)22(13)18(15)25)7-11-5-6-21(17(11)24)8-10-1-3-12(4-2-10)23(28)29/h1-4,7,13,15H,5-6,8-9,20H2,(H,26,27)/b11-7+/t13-,15+/m1/s1. The molecule has 0 unspecified atom stereocenters. The maximum absolute atomic E-state index is 12.7. The van der Waals surface area contributed by atoms with Crippen molar-refractivity contribution < 1.29 is 29.2 Å². The third kappa shape index (κ3) is 3.18. The zero-order valence-corrected chi connectivity index (χ0v) is 15.7. The minimum atomic E-state index is -1.33.